The number of nitrogens with one attached hydrogen (secondary N) is 3. The summed E-state index contributed by atoms with van der Waals surface area (Å²) in [6.45, 7) is 5.25. The Kier molecular flexibility index (Phi) is 6.35. The zero-order valence-corrected chi connectivity index (χ0v) is 11.3. The Bertz CT molecular complexity index is 308. The van der Waals surface area contributed by atoms with Crippen molar-refractivity contribution in [2.75, 3.05) is 39.9 Å². The fraction of sp³-hybridized carbons (Fsp3) is 1.00. The van der Waals surface area contributed by atoms with Crippen LogP contribution >= 0.6 is 0 Å². The Morgan fingerprint density at radius 2 is 2.18 bits per heavy atom. The van der Waals surface area contributed by atoms with Crippen LogP contribution in [0.3, 0.4) is 0 Å². The summed E-state index contributed by atoms with van der Waals surface area (Å²) in [6.07, 6.45) is 1.02. The summed E-state index contributed by atoms with van der Waals surface area (Å²) in [4.78, 5) is 0. The lowest BCUT2D eigenvalue weighted by atomic mass is 9.88. The van der Waals surface area contributed by atoms with Crippen LogP contribution in [0.15, 0.2) is 0 Å². The van der Waals surface area contributed by atoms with Crippen LogP contribution < -0.4 is 14.8 Å². The van der Waals surface area contributed by atoms with Gasteiger partial charge in [-0.1, -0.05) is 6.92 Å². The number of methoxy groups -OCH3 is 1. The molecular formula is C10H23N3O3S. The zero-order chi connectivity index (χ0) is 12.7. The molecule has 0 bridgehead atoms. The smallest absolute Gasteiger partial charge is 0.276 e. The summed E-state index contributed by atoms with van der Waals surface area (Å²) in [5, 5.41) is 3.29. The molecule has 0 amide bonds. The molecule has 0 spiro atoms. The van der Waals surface area contributed by atoms with E-state index in [-0.39, 0.29) is 0 Å². The number of hydrogen-bond acceptors (Lipinski definition) is 4. The monoisotopic (exact) mass is 265 g/mol. The maximum Gasteiger partial charge on any atom is 0.276 e. The first-order valence-electron chi connectivity index (χ1n) is 5.99. The standard InChI is InChI=1S/C10H23N3O3S/c1-9-7-11-4-3-10(9)8-13-17(14,15)12-5-6-16-2/h9-13H,3-8H2,1-2H3. The molecule has 1 fully saturated rings. The Labute approximate surface area is 104 Å². The molecule has 1 aliphatic rings. The van der Waals surface area contributed by atoms with Gasteiger partial charge in [0.25, 0.3) is 10.2 Å². The van der Waals surface area contributed by atoms with E-state index in [0.29, 0.717) is 31.5 Å². The topological polar surface area (TPSA) is 79.5 Å². The van der Waals surface area contributed by atoms with E-state index < -0.39 is 10.2 Å². The highest BCUT2D eigenvalue weighted by molar-refractivity contribution is 7.87. The SMILES string of the molecule is COCCNS(=O)(=O)NCC1CCNCC1C. The second-order valence-electron chi connectivity index (χ2n) is 4.47. The maximum atomic E-state index is 11.6. The summed E-state index contributed by atoms with van der Waals surface area (Å²) in [7, 11) is -1.84. The molecule has 2 atom stereocenters. The van der Waals surface area contributed by atoms with Crippen LogP contribution in [-0.4, -0.2) is 48.3 Å². The first-order chi connectivity index (χ1) is 8.05. The number of hydrogen-bond donors (Lipinski definition) is 3. The van der Waals surface area contributed by atoms with Gasteiger partial charge in [-0.05, 0) is 31.3 Å². The fourth-order valence-corrected chi connectivity index (χ4v) is 2.81. The van der Waals surface area contributed by atoms with E-state index in [1.807, 2.05) is 0 Å². The van der Waals surface area contributed by atoms with Gasteiger partial charge in [0.15, 0.2) is 0 Å². The fourth-order valence-electron chi connectivity index (χ4n) is 1.92. The Morgan fingerprint density at radius 1 is 1.41 bits per heavy atom. The predicted octanol–water partition coefficient (Wildman–Crippen LogP) is -0.698. The van der Waals surface area contributed by atoms with Crippen molar-refractivity contribution in [3.05, 3.63) is 0 Å². The lowest BCUT2D eigenvalue weighted by Gasteiger charge is -2.29. The molecule has 6 nitrogen and oxygen atoms in total. The highest BCUT2D eigenvalue weighted by Crippen LogP contribution is 2.17. The lowest BCUT2D eigenvalue weighted by Crippen LogP contribution is -2.44. The van der Waals surface area contributed by atoms with Crippen molar-refractivity contribution in [3.63, 3.8) is 0 Å². The van der Waals surface area contributed by atoms with Crippen molar-refractivity contribution >= 4 is 10.2 Å². The molecule has 0 saturated carbocycles. The van der Waals surface area contributed by atoms with Crippen LogP contribution in [0.2, 0.25) is 0 Å². The second-order valence-corrected chi connectivity index (χ2v) is 6.05. The van der Waals surface area contributed by atoms with Crippen molar-refractivity contribution in [2.24, 2.45) is 11.8 Å². The third-order valence-corrected chi connectivity index (χ3v) is 4.23. The van der Waals surface area contributed by atoms with Gasteiger partial charge in [0.05, 0.1) is 6.61 Å². The van der Waals surface area contributed by atoms with Gasteiger partial charge in [-0.3, -0.25) is 0 Å². The Balaban J connectivity index is 2.28. The zero-order valence-electron chi connectivity index (χ0n) is 10.5. The van der Waals surface area contributed by atoms with Gasteiger partial charge in [-0.15, -0.1) is 0 Å². The molecule has 1 aliphatic heterocycles. The minimum absolute atomic E-state index is 0.299. The summed E-state index contributed by atoms with van der Waals surface area (Å²) in [5.41, 5.74) is 0. The number of piperidine rings is 1. The van der Waals surface area contributed by atoms with Gasteiger partial charge in [0, 0.05) is 20.2 Å². The van der Waals surface area contributed by atoms with Crippen molar-refractivity contribution < 1.29 is 13.2 Å². The third-order valence-electron chi connectivity index (χ3n) is 3.10. The van der Waals surface area contributed by atoms with Crippen LogP contribution in [0.4, 0.5) is 0 Å². The lowest BCUT2D eigenvalue weighted by molar-refractivity contribution is 0.204. The molecule has 0 aliphatic carbocycles. The van der Waals surface area contributed by atoms with E-state index in [1.165, 1.54) is 0 Å². The normalized spacial score (nSPS) is 26.0. The average molecular weight is 265 g/mol. The van der Waals surface area contributed by atoms with Crippen LogP contribution in [0.5, 0.6) is 0 Å². The predicted molar refractivity (Wildman–Crippen MR) is 66.9 cm³/mol. The molecule has 102 valence electrons. The van der Waals surface area contributed by atoms with Crippen LogP contribution in [0, 0.1) is 11.8 Å². The molecule has 2 unspecified atom stereocenters. The van der Waals surface area contributed by atoms with Crippen molar-refractivity contribution in [3.8, 4) is 0 Å². The first-order valence-corrected chi connectivity index (χ1v) is 7.47. The summed E-state index contributed by atoms with van der Waals surface area (Å²) in [5.74, 6) is 0.917. The summed E-state index contributed by atoms with van der Waals surface area (Å²) < 4.78 is 32.9. The first kappa shape index (κ1) is 14.8. The van der Waals surface area contributed by atoms with Gasteiger partial charge in [-0.25, -0.2) is 4.72 Å². The quantitative estimate of drug-likeness (QED) is 0.532. The maximum absolute atomic E-state index is 11.6. The largest absolute Gasteiger partial charge is 0.383 e. The molecule has 0 aromatic carbocycles. The van der Waals surface area contributed by atoms with E-state index in [2.05, 4.69) is 21.7 Å². The van der Waals surface area contributed by atoms with Gasteiger partial charge in [0.2, 0.25) is 0 Å². The van der Waals surface area contributed by atoms with E-state index >= 15 is 0 Å². The van der Waals surface area contributed by atoms with Gasteiger partial charge in [0.1, 0.15) is 0 Å². The highest BCUT2D eigenvalue weighted by atomic mass is 32.2. The molecule has 0 aromatic heterocycles. The number of rotatable bonds is 7. The molecule has 17 heavy (non-hydrogen) atoms. The summed E-state index contributed by atoms with van der Waals surface area (Å²) >= 11 is 0. The van der Waals surface area contributed by atoms with Crippen molar-refractivity contribution in [1.29, 1.82) is 0 Å². The number of ether oxygens (including phenoxy) is 1. The molecule has 7 heteroatoms. The second kappa shape index (κ2) is 7.27. The molecule has 1 heterocycles. The van der Waals surface area contributed by atoms with Gasteiger partial charge >= 0.3 is 0 Å². The minimum atomic E-state index is -3.38. The van der Waals surface area contributed by atoms with Crippen LogP contribution in [-0.2, 0) is 14.9 Å². The highest BCUT2D eigenvalue weighted by Gasteiger charge is 2.22. The summed E-state index contributed by atoms with van der Waals surface area (Å²) in [6, 6.07) is 0. The molecule has 3 N–H and O–H groups in total. The van der Waals surface area contributed by atoms with Crippen LogP contribution in [0.25, 0.3) is 0 Å². The third kappa shape index (κ3) is 5.78. The van der Waals surface area contributed by atoms with Crippen molar-refractivity contribution in [2.45, 2.75) is 13.3 Å². The van der Waals surface area contributed by atoms with E-state index in [4.69, 9.17) is 4.74 Å². The van der Waals surface area contributed by atoms with E-state index in [0.717, 1.165) is 19.5 Å². The van der Waals surface area contributed by atoms with Crippen molar-refractivity contribution in [1.82, 2.24) is 14.8 Å². The van der Waals surface area contributed by atoms with Crippen LogP contribution in [0.1, 0.15) is 13.3 Å². The van der Waals surface area contributed by atoms with E-state index in [1.54, 1.807) is 7.11 Å². The molecular weight excluding hydrogens is 242 g/mol. The van der Waals surface area contributed by atoms with Gasteiger partial charge in [-0.2, -0.15) is 13.1 Å². The van der Waals surface area contributed by atoms with Gasteiger partial charge < -0.3 is 10.1 Å². The minimum Gasteiger partial charge on any atom is -0.383 e. The van der Waals surface area contributed by atoms with E-state index in [9.17, 15) is 8.42 Å². The average Bonchev–Trinajstić information content (AvgIpc) is 2.28. The Hall–Kier alpha value is -0.210. The molecule has 1 saturated heterocycles. The molecule has 0 radical (unpaired) electrons. The molecule has 1 rings (SSSR count). The Morgan fingerprint density at radius 3 is 2.82 bits per heavy atom. The molecule has 0 aromatic rings.